The third-order valence-corrected chi connectivity index (χ3v) is 3.38. The Morgan fingerprint density at radius 2 is 2.18 bits per heavy atom. The zero-order valence-electron chi connectivity index (χ0n) is 10.8. The molecule has 0 radical (unpaired) electrons. The van der Waals surface area contributed by atoms with Crippen molar-refractivity contribution in [1.82, 2.24) is 10.2 Å². The molecule has 0 aromatic rings. The highest BCUT2D eigenvalue weighted by Gasteiger charge is 2.37. The molecule has 0 aliphatic carbocycles. The number of carboxylic acid groups (broad SMARTS) is 1. The number of carboxylic acids is 1. The fourth-order valence-corrected chi connectivity index (χ4v) is 2.25. The minimum Gasteiger partial charge on any atom is -0.480 e. The van der Waals surface area contributed by atoms with Crippen LogP contribution in [0.25, 0.3) is 0 Å². The predicted octanol–water partition coefficient (Wildman–Crippen LogP) is 0.698. The third kappa shape index (κ3) is 3.43. The van der Waals surface area contributed by atoms with Gasteiger partial charge in [0, 0.05) is 6.54 Å². The van der Waals surface area contributed by atoms with Gasteiger partial charge >= 0.3 is 5.97 Å². The lowest BCUT2D eigenvalue weighted by molar-refractivity contribution is -0.147. The average molecular weight is 242 g/mol. The number of carbonyl (C=O) groups is 2. The van der Waals surface area contributed by atoms with Crippen molar-refractivity contribution in [2.75, 3.05) is 20.1 Å². The van der Waals surface area contributed by atoms with E-state index in [2.05, 4.69) is 10.2 Å². The monoisotopic (exact) mass is 242 g/mol. The van der Waals surface area contributed by atoms with Crippen LogP contribution >= 0.6 is 0 Å². The van der Waals surface area contributed by atoms with Crippen LogP contribution in [0.1, 0.15) is 33.1 Å². The first-order chi connectivity index (χ1) is 7.89. The molecule has 2 atom stereocenters. The van der Waals surface area contributed by atoms with Crippen LogP contribution in [0, 0.1) is 5.92 Å². The largest absolute Gasteiger partial charge is 0.480 e. The van der Waals surface area contributed by atoms with Gasteiger partial charge in [0.05, 0.1) is 5.92 Å². The quantitative estimate of drug-likeness (QED) is 0.744. The molecule has 2 N–H and O–H groups in total. The normalized spacial score (nSPS) is 24.3. The Morgan fingerprint density at radius 1 is 1.53 bits per heavy atom. The Balaban J connectivity index is 2.61. The van der Waals surface area contributed by atoms with E-state index < -0.39 is 11.5 Å². The van der Waals surface area contributed by atoms with Crippen LogP contribution in [0.3, 0.4) is 0 Å². The molecule has 5 nitrogen and oxygen atoms in total. The molecule has 1 aliphatic rings. The summed E-state index contributed by atoms with van der Waals surface area (Å²) in [6.45, 7) is 5.11. The smallest absolute Gasteiger partial charge is 0.329 e. The van der Waals surface area contributed by atoms with Crippen LogP contribution in [0.2, 0.25) is 0 Å². The minimum atomic E-state index is -1.13. The maximum atomic E-state index is 12.0. The predicted molar refractivity (Wildman–Crippen MR) is 64.7 cm³/mol. The van der Waals surface area contributed by atoms with Crippen LogP contribution in [0.15, 0.2) is 0 Å². The number of likely N-dealkylation sites (tertiary alicyclic amines) is 1. The number of amides is 1. The van der Waals surface area contributed by atoms with Gasteiger partial charge in [-0.15, -0.1) is 0 Å². The van der Waals surface area contributed by atoms with Gasteiger partial charge in [0.2, 0.25) is 5.91 Å². The highest BCUT2D eigenvalue weighted by molar-refractivity contribution is 5.88. The van der Waals surface area contributed by atoms with E-state index in [1.807, 2.05) is 14.0 Å². The summed E-state index contributed by atoms with van der Waals surface area (Å²) in [7, 11) is 1.97. The molecule has 1 saturated heterocycles. The summed E-state index contributed by atoms with van der Waals surface area (Å²) >= 11 is 0. The zero-order valence-corrected chi connectivity index (χ0v) is 10.8. The van der Waals surface area contributed by atoms with Crippen molar-refractivity contribution < 1.29 is 14.7 Å². The fraction of sp³-hybridized carbons (Fsp3) is 0.833. The highest BCUT2D eigenvalue weighted by atomic mass is 16.4. The second-order valence-electron chi connectivity index (χ2n) is 5.12. The van der Waals surface area contributed by atoms with Gasteiger partial charge < -0.3 is 15.3 Å². The second kappa shape index (κ2) is 5.49. The summed E-state index contributed by atoms with van der Waals surface area (Å²) in [4.78, 5) is 25.3. The lowest BCUT2D eigenvalue weighted by Crippen LogP contribution is -2.54. The molecule has 5 heteroatoms. The minimum absolute atomic E-state index is 0.0736. The van der Waals surface area contributed by atoms with Crippen molar-refractivity contribution in [2.24, 2.45) is 5.92 Å². The van der Waals surface area contributed by atoms with E-state index in [1.165, 1.54) is 0 Å². The van der Waals surface area contributed by atoms with Crippen molar-refractivity contribution >= 4 is 11.9 Å². The van der Waals surface area contributed by atoms with E-state index in [9.17, 15) is 14.7 Å². The number of hydrogen-bond acceptors (Lipinski definition) is 3. The summed E-state index contributed by atoms with van der Waals surface area (Å²) < 4.78 is 0. The molecule has 1 heterocycles. The lowest BCUT2D eigenvalue weighted by atomic mass is 9.95. The second-order valence-corrected chi connectivity index (χ2v) is 5.12. The van der Waals surface area contributed by atoms with Crippen LogP contribution in [-0.2, 0) is 9.59 Å². The first-order valence-corrected chi connectivity index (χ1v) is 6.13. The maximum Gasteiger partial charge on any atom is 0.329 e. The number of nitrogens with zero attached hydrogens (tertiary/aromatic N) is 1. The molecule has 0 bridgehead atoms. The topological polar surface area (TPSA) is 69.6 Å². The standard InChI is InChI=1S/C12H22N2O3/c1-4-6-12(2,11(16)17)13-10(15)9-5-7-14(3)8-9/h9H,4-8H2,1-3H3,(H,13,15)(H,16,17). The summed E-state index contributed by atoms with van der Waals surface area (Å²) in [6.07, 6.45) is 1.99. The Bertz CT molecular complexity index is 306. The summed E-state index contributed by atoms with van der Waals surface area (Å²) in [6, 6.07) is 0. The van der Waals surface area contributed by atoms with Crippen molar-refractivity contribution in [3.8, 4) is 0 Å². The van der Waals surface area contributed by atoms with Crippen molar-refractivity contribution in [1.29, 1.82) is 0 Å². The molecule has 1 fully saturated rings. The summed E-state index contributed by atoms with van der Waals surface area (Å²) in [5.41, 5.74) is -1.13. The van der Waals surface area contributed by atoms with Gasteiger partial charge in [-0.3, -0.25) is 4.79 Å². The van der Waals surface area contributed by atoms with Crippen LogP contribution in [0.4, 0.5) is 0 Å². The first kappa shape index (κ1) is 14.0. The van der Waals surface area contributed by atoms with E-state index in [1.54, 1.807) is 6.92 Å². The van der Waals surface area contributed by atoms with Crippen LogP contribution < -0.4 is 5.32 Å². The average Bonchev–Trinajstić information content (AvgIpc) is 2.65. The Morgan fingerprint density at radius 3 is 2.59 bits per heavy atom. The van der Waals surface area contributed by atoms with Gasteiger partial charge in [-0.1, -0.05) is 13.3 Å². The summed E-state index contributed by atoms with van der Waals surface area (Å²) in [5, 5.41) is 11.9. The van der Waals surface area contributed by atoms with Gasteiger partial charge in [0.25, 0.3) is 0 Å². The molecule has 1 rings (SSSR count). The number of nitrogens with one attached hydrogen (secondary N) is 1. The molecule has 0 aromatic carbocycles. The Kier molecular flexibility index (Phi) is 4.51. The molecule has 0 saturated carbocycles. The van der Waals surface area contributed by atoms with E-state index in [-0.39, 0.29) is 11.8 Å². The molecule has 1 aliphatic heterocycles. The van der Waals surface area contributed by atoms with Gasteiger partial charge in [-0.05, 0) is 33.4 Å². The fourth-order valence-electron chi connectivity index (χ4n) is 2.25. The van der Waals surface area contributed by atoms with Gasteiger partial charge in [-0.2, -0.15) is 0 Å². The molecular weight excluding hydrogens is 220 g/mol. The molecular formula is C12H22N2O3. The number of rotatable bonds is 5. The molecule has 17 heavy (non-hydrogen) atoms. The van der Waals surface area contributed by atoms with E-state index in [0.29, 0.717) is 13.0 Å². The maximum absolute atomic E-state index is 12.0. The van der Waals surface area contributed by atoms with Crippen molar-refractivity contribution in [3.05, 3.63) is 0 Å². The van der Waals surface area contributed by atoms with Gasteiger partial charge in [0.1, 0.15) is 5.54 Å². The van der Waals surface area contributed by atoms with Crippen LogP contribution in [0.5, 0.6) is 0 Å². The molecule has 0 spiro atoms. The van der Waals surface area contributed by atoms with E-state index in [0.717, 1.165) is 19.4 Å². The zero-order chi connectivity index (χ0) is 13.1. The number of hydrogen-bond donors (Lipinski definition) is 2. The molecule has 2 unspecified atom stereocenters. The third-order valence-electron chi connectivity index (χ3n) is 3.38. The van der Waals surface area contributed by atoms with Gasteiger partial charge in [-0.25, -0.2) is 4.79 Å². The highest BCUT2D eigenvalue weighted by Crippen LogP contribution is 2.18. The molecule has 1 amide bonds. The van der Waals surface area contributed by atoms with Crippen molar-refractivity contribution in [3.63, 3.8) is 0 Å². The molecule has 0 aromatic heterocycles. The Labute approximate surface area is 102 Å². The number of carbonyl (C=O) groups excluding carboxylic acids is 1. The van der Waals surface area contributed by atoms with E-state index >= 15 is 0 Å². The van der Waals surface area contributed by atoms with E-state index in [4.69, 9.17) is 0 Å². The van der Waals surface area contributed by atoms with Gasteiger partial charge in [0.15, 0.2) is 0 Å². The van der Waals surface area contributed by atoms with Crippen LogP contribution in [-0.4, -0.2) is 47.6 Å². The summed E-state index contributed by atoms with van der Waals surface area (Å²) in [5.74, 6) is -1.16. The van der Waals surface area contributed by atoms with Crippen molar-refractivity contribution in [2.45, 2.75) is 38.6 Å². The Hall–Kier alpha value is -1.10. The molecule has 98 valence electrons. The lowest BCUT2D eigenvalue weighted by Gasteiger charge is -2.27. The number of aliphatic carboxylic acids is 1. The first-order valence-electron chi connectivity index (χ1n) is 6.13. The SMILES string of the molecule is CCCC(C)(NC(=O)C1CCN(C)C1)C(=O)O.